The van der Waals surface area contributed by atoms with E-state index in [1.54, 1.807) is 0 Å². The Morgan fingerprint density at radius 3 is 2.48 bits per heavy atom. The van der Waals surface area contributed by atoms with Crippen LogP contribution in [0.25, 0.3) is 6.08 Å². The number of rotatable bonds is 8. The molecular formula is C27H25ClN2O2S. The zero-order valence-electron chi connectivity index (χ0n) is 18.4. The molecule has 0 unspecified atom stereocenters. The fourth-order valence-corrected chi connectivity index (χ4v) is 4.29. The Hall–Kier alpha value is -3.02. The monoisotopic (exact) mass is 476 g/mol. The van der Waals surface area contributed by atoms with Gasteiger partial charge in [0.25, 0.3) is 5.91 Å². The second kappa shape index (κ2) is 11.2. The summed E-state index contributed by atoms with van der Waals surface area (Å²) < 4.78 is 6.01. The van der Waals surface area contributed by atoms with Crippen LogP contribution in [-0.4, -0.2) is 11.1 Å². The molecule has 0 radical (unpaired) electrons. The number of amidine groups is 1. The van der Waals surface area contributed by atoms with Crippen molar-refractivity contribution in [2.75, 3.05) is 0 Å². The molecule has 1 fully saturated rings. The Balaban J connectivity index is 1.45. The molecule has 3 aromatic rings. The lowest BCUT2D eigenvalue weighted by molar-refractivity contribution is -0.115. The maximum Gasteiger partial charge on any atom is 0.264 e. The van der Waals surface area contributed by atoms with Crippen molar-refractivity contribution < 1.29 is 9.53 Å². The number of hydrogen-bond donors (Lipinski definition) is 1. The van der Waals surface area contributed by atoms with Crippen LogP contribution >= 0.6 is 23.4 Å². The summed E-state index contributed by atoms with van der Waals surface area (Å²) in [6.45, 7) is 2.60. The van der Waals surface area contributed by atoms with Gasteiger partial charge in [-0.05, 0) is 72.1 Å². The van der Waals surface area contributed by atoms with Crippen LogP contribution in [-0.2, 0) is 17.8 Å². The van der Waals surface area contributed by atoms with Gasteiger partial charge < -0.3 is 10.1 Å². The molecule has 4 nitrogen and oxygen atoms in total. The van der Waals surface area contributed by atoms with E-state index >= 15 is 0 Å². The number of amides is 1. The number of hydrogen-bond acceptors (Lipinski definition) is 4. The highest BCUT2D eigenvalue weighted by molar-refractivity contribution is 8.18. The summed E-state index contributed by atoms with van der Waals surface area (Å²) >= 11 is 7.28. The molecule has 0 atom stereocenters. The van der Waals surface area contributed by atoms with Crippen molar-refractivity contribution in [3.8, 4) is 5.75 Å². The first-order valence-corrected chi connectivity index (χ1v) is 12.1. The lowest BCUT2D eigenvalue weighted by Gasteiger charge is -2.09. The number of benzene rings is 3. The normalized spacial score (nSPS) is 15.8. The molecule has 0 aliphatic carbocycles. The van der Waals surface area contributed by atoms with Gasteiger partial charge in [0.05, 0.1) is 10.6 Å². The molecule has 6 heteroatoms. The minimum absolute atomic E-state index is 0.161. The molecule has 168 valence electrons. The summed E-state index contributed by atoms with van der Waals surface area (Å²) in [7, 11) is 0. The average molecular weight is 477 g/mol. The standard InChI is InChI=1S/C27H25ClN2O2S/c1-2-3-6-19-11-15-23(16-12-19)29-27-30-26(31)25(33-27)17-21-7-4-5-8-24(21)32-18-20-9-13-22(28)14-10-20/h4-5,7-17H,2-3,6,18H2,1H3,(H,29,30,31)/b25-17-. The molecule has 0 spiro atoms. The van der Waals surface area contributed by atoms with Gasteiger partial charge in [0.15, 0.2) is 5.17 Å². The Bertz CT molecular complexity index is 1170. The van der Waals surface area contributed by atoms with Gasteiger partial charge in [-0.3, -0.25) is 4.79 Å². The van der Waals surface area contributed by atoms with Crippen molar-refractivity contribution in [3.63, 3.8) is 0 Å². The number of aryl methyl sites for hydroxylation is 1. The van der Waals surface area contributed by atoms with Crippen molar-refractivity contribution in [2.45, 2.75) is 32.8 Å². The third-order valence-corrected chi connectivity index (χ3v) is 6.31. The second-order valence-corrected chi connectivity index (χ2v) is 9.17. The molecule has 1 amide bonds. The van der Waals surface area contributed by atoms with Gasteiger partial charge in [0, 0.05) is 10.6 Å². The summed E-state index contributed by atoms with van der Waals surface area (Å²) in [5.74, 6) is 0.548. The topological polar surface area (TPSA) is 50.7 Å². The Morgan fingerprint density at radius 1 is 1.00 bits per heavy atom. The molecule has 1 heterocycles. The Kier molecular flexibility index (Phi) is 7.87. The fourth-order valence-electron chi connectivity index (χ4n) is 3.33. The summed E-state index contributed by atoms with van der Waals surface area (Å²) in [6.07, 6.45) is 5.27. The third kappa shape index (κ3) is 6.50. The summed E-state index contributed by atoms with van der Waals surface area (Å²) in [6, 6.07) is 23.4. The van der Waals surface area contributed by atoms with Gasteiger partial charge in [-0.15, -0.1) is 0 Å². The predicted octanol–water partition coefficient (Wildman–Crippen LogP) is 7.15. The van der Waals surface area contributed by atoms with Crippen LogP contribution in [0.3, 0.4) is 0 Å². The van der Waals surface area contributed by atoms with Gasteiger partial charge in [-0.2, -0.15) is 0 Å². The number of halogens is 1. The molecule has 33 heavy (non-hydrogen) atoms. The zero-order chi connectivity index (χ0) is 23.0. The number of ether oxygens (including phenoxy) is 1. The van der Waals surface area contributed by atoms with Crippen LogP contribution in [0.15, 0.2) is 82.7 Å². The molecule has 1 aliphatic heterocycles. The highest BCUT2D eigenvalue weighted by Gasteiger charge is 2.24. The van der Waals surface area contributed by atoms with Crippen LogP contribution < -0.4 is 10.1 Å². The minimum atomic E-state index is -0.161. The number of carbonyl (C=O) groups is 1. The summed E-state index contributed by atoms with van der Waals surface area (Å²) in [4.78, 5) is 17.7. The second-order valence-electron chi connectivity index (χ2n) is 7.70. The molecule has 0 bridgehead atoms. The smallest absolute Gasteiger partial charge is 0.264 e. The maximum absolute atomic E-state index is 12.5. The van der Waals surface area contributed by atoms with E-state index in [0.717, 1.165) is 23.2 Å². The van der Waals surface area contributed by atoms with Crippen LogP contribution in [0.1, 0.15) is 36.5 Å². The van der Waals surface area contributed by atoms with Crippen molar-refractivity contribution >= 4 is 46.2 Å². The SMILES string of the molecule is CCCCc1ccc(N=C2NC(=O)/C(=C/c3ccccc3OCc3ccc(Cl)cc3)S2)cc1. The van der Waals surface area contributed by atoms with E-state index in [-0.39, 0.29) is 5.91 Å². The predicted molar refractivity (Wildman–Crippen MR) is 138 cm³/mol. The van der Waals surface area contributed by atoms with Crippen LogP contribution in [0, 0.1) is 0 Å². The van der Waals surface area contributed by atoms with E-state index in [2.05, 4.69) is 29.4 Å². The van der Waals surface area contributed by atoms with Crippen molar-refractivity contribution in [2.24, 2.45) is 4.99 Å². The van der Waals surface area contributed by atoms with E-state index in [4.69, 9.17) is 16.3 Å². The lowest BCUT2D eigenvalue weighted by Crippen LogP contribution is -2.19. The van der Waals surface area contributed by atoms with E-state index in [1.807, 2.05) is 66.7 Å². The lowest BCUT2D eigenvalue weighted by atomic mass is 10.1. The molecule has 3 aromatic carbocycles. The van der Waals surface area contributed by atoms with Gasteiger partial charge in [0.2, 0.25) is 0 Å². The zero-order valence-corrected chi connectivity index (χ0v) is 20.0. The van der Waals surface area contributed by atoms with E-state index < -0.39 is 0 Å². The highest BCUT2D eigenvalue weighted by Crippen LogP contribution is 2.31. The van der Waals surface area contributed by atoms with E-state index in [9.17, 15) is 4.79 Å². The number of thioether (sulfide) groups is 1. The average Bonchev–Trinajstić information content (AvgIpc) is 3.17. The van der Waals surface area contributed by atoms with Crippen molar-refractivity contribution in [3.05, 3.63) is 99.4 Å². The van der Waals surface area contributed by atoms with Gasteiger partial charge in [0.1, 0.15) is 12.4 Å². The fraction of sp³-hybridized carbons (Fsp3) is 0.185. The van der Waals surface area contributed by atoms with Crippen LogP contribution in [0.5, 0.6) is 5.75 Å². The number of para-hydroxylation sites is 1. The first-order valence-electron chi connectivity index (χ1n) is 11.0. The molecule has 1 saturated heterocycles. The van der Waals surface area contributed by atoms with Crippen LogP contribution in [0.4, 0.5) is 5.69 Å². The largest absolute Gasteiger partial charge is 0.488 e. The third-order valence-electron chi connectivity index (χ3n) is 5.15. The van der Waals surface area contributed by atoms with Gasteiger partial charge >= 0.3 is 0 Å². The quantitative estimate of drug-likeness (QED) is 0.351. The molecule has 0 saturated carbocycles. The summed E-state index contributed by atoms with van der Waals surface area (Å²) in [5, 5.41) is 4.13. The van der Waals surface area contributed by atoms with Gasteiger partial charge in [-0.1, -0.05) is 67.4 Å². The Labute approximate surface area is 203 Å². The highest BCUT2D eigenvalue weighted by atomic mass is 35.5. The maximum atomic E-state index is 12.5. The number of nitrogens with zero attached hydrogens (tertiary/aromatic N) is 1. The Morgan fingerprint density at radius 2 is 1.73 bits per heavy atom. The molecule has 4 rings (SSSR count). The summed E-state index contributed by atoms with van der Waals surface area (Å²) in [5.41, 5.74) is 3.99. The number of aliphatic imine (C=N–C) groups is 1. The van der Waals surface area contributed by atoms with E-state index in [1.165, 1.54) is 30.2 Å². The van der Waals surface area contributed by atoms with E-state index in [0.29, 0.717) is 27.5 Å². The van der Waals surface area contributed by atoms with Crippen molar-refractivity contribution in [1.82, 2.24) is 5.32 Å². The molecule has 1 N–H and O–H groups in total. The molecule has 1 aliphatic rings. The van der Waals surface area contributed by atoms with Crippen molar-refractivity contribution in [1.29, 1.82) is 0 Å². The number of unbranched alkanes of at least 4 members (excludes halogenated alkanes) is 1. The molecular weight excluding hydrogens is 452 g/mol. The number of carbonyl (C=O) groups excluding carboxylic acids is 1. The number of nitrogens with one attached hydrogen (secondary N) is 1. The first-order chi connectivity index (χ1) is 16.1. The minimum Gasteiger partial charge on any atom is -0.488 e. The first kappa shape index (κ1) is 23.1. The molecule has 0 aromatic heterocycles. The van der Waals surface area contributed by atoms with Crippen LogP contribution in [0.2, 0.25) is 5.02 Å². The van der Waals surface area contributed by atoms with Gasteiger partial charge in [-0.25, -0.2) is 4.99 Å².